The Labute approximate surface area is 230 Å². The van der Waals surface area contributed by atoms with Crippen LogP contribution in [0, 0.1) is 0 Å². The van der Waals surface area contributed by atoms with Crippen LogP contribution in [0.1, 0.15) is 57.4 Å². The van der Waals surface area contributed by atoms with Gasteiger partial charge in [0.15, 0.2) is 0 Å². The van der Waals surface area contributed by atoms with Gasteiger partial charge in [0.05, 0.1) is 11.9 Å². The zero-order valence-corrected chi connectivity index (χ0v) is 23.7. The fourth-order valence-corrected chi connectivity index (χ4v) is 6.02. The molecule has 7 nitrogen and oxygen atoms in total. The van der Waals surface area contributed by atoms with Crippen molar-refractivity contribution < 1.29 is 18.0 Å². The van der Waals surface area contributed by atoms with Gasteiger partial charge in [-0.1, -0.05) is 66.7 Å². The second kappa shape index (κ2) is 13.5. The van der Waals surface area contributed by atoms with Gasteiger partial charge in [-0.3, -0.25) is 13.9 Å². The number of carbonyl (C=O) groups excluding carboxylic acids is 2. The molecule has 2 aromatic rings. The first-order valence-electron chi connectivity index (χ1n) is 12.6. The number of carbonyl (C=O) groups is 2. The lowest BCUT2D eigenvalue weighted by Gasteiger charge is -2.32. The number of nitrogens with one attached hydrogen (secondary N) is 1. The molecule has 1 aliphatic rings. The Morgan fingerprint density at radius 1 is 1.05 bits per heavy atom. The summed E-state index contributed by atoms with van der Waals surface area (Å²) in [6.07, 6.45) is 6.74. The minimum Gasteiger partial charge on any atom is -0.352 e. The molecule has 1 fully saturated rings. The van der Waals surface area contributed by atoms with Crippen molar-refractivity contribution in [3.8, 4) is 0 Å². The predicted molar refractivity (Wildman–Crippen MR) is 149 cm³/mol. The third kappa shape index (κ3) is 8.62. The molecule has 202 valence electrons. The molecule has 1 saturated carbocycles. The van der Waals surface area contributed by atoms with Crippen LogP contribution in [0.15, 0.2) is 48.5 Å². The lowest BCUT2D eigenvalue weighted by molar-refractivity contribution is -0.141. The number of halogens is 2. The number of benzene rings is 2. The normalized spacial score (nSPS) is 15.1. The van der Waals surface area contributed by atoms with E-state index >= 15 is 0 Å². The van der Waals surface area contributed by atoms with E-state index in [0.717, 1.165) is 31.9 Å². The lowest BCUT2D eigenvalue weighted by atomic mass is 9.95. The Hall–Kier alpha value is -2.29. The highest BCUT2D eigenvalue weighted by Gasteiger charge is 2.29. The van der Waals surface area contributed by atoms with Crippen molar-refractivity contribution in [1.82, 2.24) is 10.2 Å². The van der Waals surface area contributed by atoms with E-state index in [4.69, 9.17) is 23.2 Å². The van der Waals surface area contributed by atoms with Crippen LogP contribution in [0.4, 0.5) is 5.69 Å². The Morgan fingerprint density at radius 3 is 2.35 bits per heavy atom. The van der Waals surface area contributed by atoms with Crippen LogP contribution in [0.2, 0.25) is 10.0 Å². The van der Waals surface area contributed by atoms with Gasteiger partial charge in [-0.15, -0.1) is 0 Å². The molecule has 37 heavy (non-hydrogen) atoms. The van der Waals surface area contributed by atoms with Crippen molar-refractivity contribution in [3.05, 3.63) is 64.1 Å². The van der Waals surface area contributed by atoms with Crippen LogP contribution in [0.5, 0.6) is 0 Å². The molecule has 0 spiro atoms. The number of rotatable bonds is 11. The molecular weight excluding hydrogens is 533 g/mol. The summed E-state index contributed by atoms with van der Waals surface area (Å²) in [6.45, 7) is 2.00. The van der Waals surface area contributed by atoms with Crippen LogP contribution in [0.3, 0.4) is 0 Å². The monoisotopic (exact) mass is 567 g/mol. The Morgan fingerprint density at radius 2 is 1.73 bits per heavy atom. The molecule has 1 aliphatic carbocycles. The molecule has 0 aliphatic heterocycles. The number of nitrogens with zero attached hydrogens (tertiary/aromatic N) is 2. The summed E-state index contributed by atoms with van der Waals surface area (Å²) in [5.74, 6) is -0.453. The van der Waals surface area contributed by atoms with Crippen molar-refractivity contribution in [2.24, 2.45) is 0 Å². The third-order valence-electron chi connectivity index (χ3n) is 6.67. The van der Waals surface area contributed by atoms with Gasteiger partial charge in [0, 0.05) is 35.6 Å². The van der Waals surface area contributed by atoms with Gasteiger partial charge in [-0.2, -0.15) is 0 Å². The summed E-state index contributed by atoms with van der Waals surface area (Å²) in [5, 5.41) is 4.00. The fourth-order valence-electron chi connectivity index (χ4n) is 4.58. The smallest absolute Gasteiger partial charge is 0.242 e. The highest BCUT2D eigenvalue weighted by atomic mass is 35.5. The van der Waals surface area contributed by atoms with E-state index < -0.39 is 16.1 Å². The minimum atomic E-state index is -3.53. The van der Waals surface area contributed by atoms with E-state index in [-0.39, 0.29) is 37.4 Å². The predicted octanol–water partition coefficient (Wildman–Crippen LogP) is 5.41. The first-order chi connectivity index (χ1) is 17.6. The molecule has 2 amide bonds. The van der Waals surface area contributed by atoms with Gasteiger partial charge < -0.3 is 10.2 Å². The Balaban J connectivity index is 1.73. The average molecular weight is 569 g/mol. The molecule has 10 heteroatoms. The maximum Gasteiger partial charge on any atom is 0.242 e. The number of hydrogen-bond acceptors (Lipinski definition) is 4. The van der Waals surface area contributed by atoms with E-state index in [1.807, 2.05) is 6.07 Å². The van der Waals surface area contributed by atoms with Crippen LogP contribution in [0.25, 0.3) is 0 Å². The molecule has 0 bridgehead atoms. The molecule has 0 radical (unpaired) electrons. The van der Waals surface area contributed by atoms with E-state index in [2.05, 4.69) is 5.32 Å². The second-order valence-corrected chi connectivity index (χ2v) is 12.3. The zero-order valence-electron chi connectivity index (χ0n) is 21.3. The van der Waals surface area contributed by atoms with Gasteiger partial charge in [-0.05, 0) is 56.0 Å². The molecule has 3 rings (SSSR count). The quantitative estimate of drug-likeness (QED) is 0.393. The molecule has 0 heterocycles. The van der Waals surface area contributed by atoms with E-state index in [9.17, 15) is 18.0 Å². The zero-order chi connectivity index (χ0) is 27.0. The van der Waals surface area contributed by atoms with Crippen LogP contribution >= 0.6 is 23.2 Å². The van der Waals surface area contributed by atoms with Crippen LogP contribution in [-0.2, 0) is 26.2 Å². The molecule has 1 unspecified atom stereocenters. The molecule has 1 atom stereocenters. The summed E-state index contributed by atoms with van der Waals surface area (Å²) in [4.78, 5) is 28.1. The summed E-state index contributed by atoms with van der Waals surface area (Å²) >= 11 is 12.4. The molecule has 0 saturated heterocycles. The number of anilines is 1. The third-order valence-corrected chi connectivity index (χ3v) is 8.45. The van der Waals surface area contributed by atoms with Crippen molar-refractivity contribution in [1.29, 1.82) is 0 Å². The van der Waals surface area contributed by atoms with Crippen molar-refractivity contribution in [2.45, 2.75) is 70.5 Å². The highest BCUT2D eigenvalue weighted by Crippen LogP contribution is 2.25. The van der Waals surface area contributed by atoms with Gasteiger partial charge in [-0.25, -0.2) is 8.42 Å². The Kier molecular flexibility index (Phi) is 10.7. The van der Waals surface area contributed by atoms with Crippen molar-refractivity contribution in [3.63, 3.8) is 0 Å². The number of sulfonamides is 1. The number of para-hydroxylation sites is 1. The molecular formula is C27H35Cl2N3O4S. The van der Waals surface area contributed by atoms with Crippen LogP contribution < -0.4 is 9.62 Å². The average Bonchev–Trinajstić information content (AvgIpc) is 2.86. The lowest BCUT2D eigenvalue weighted by Crippen LogP contribution is -2.50. The van der Waals surface area contributed by atoms with E-state index in [0.29, 0.717) is 27.7 Å². The Bertz CT molecular complexity index is 1170. The number of amides is 2. The molecule has 1 N–H and O–H groups in total. The van der Waals surface area contributed by atoms with Crippen molar-refractivity contribution >= 4 is 50.7 Å². The van der Waals surface area contributed by atoms with E-state index in [1.165, 1.54) is 15.6 Å². The van der Waals surface area contributed by atoms with Gasteiger partial charge in [0.2, 0.25) is 21.8 Å². The standard InChI is InChI=1S/C27H35Cl2N3O4S/c1-20(27(34)30-23-10-5-3-6-11-23)31(19-21-15-16-22(28)18-25(21)29)26(33)14-9-17-32(37(2,35)36)24-12-7-4-8-13-24/h4,7-8,12-13,15-16,18,20,23H,3,5-6,9-11,14,17,19H2,1-2H3,(H,30,34). The highest BCUT2D eigenvalue weighted by molar-refractivity contribution is 7.92. The van der Waals surface area contributed by atoms with Gasteiger partial charge in [0.1, 0.15) is 6.04 Å². The summed E-state index contributed by atoms with van der Waals surface area (Å²) in [6, 6.07) is 13.2. The molecule has 2 aromatic carbocycles. The first-order valence-corrected chi connectivity index (χ1v) is 15.2. The summed E-state index contributed by atoms with van der Waals surface area (Å²) in [5.41, 5.74) is 1.22. The summed E-state index contributed by atoms with van der Waals surface area (Å²) in [7, 11) is -3.53. The maximum absolute atomic E-state index is 13.4. The topological polar surface area (TPSA) is 86.8 Å². The van der Waals surface area contributed by atoms with E-state index in [1.54, 1.807) is 49.4 Å². The number of hydrogen-bond donors (Lipinski definition) is 1. The van der Waals surface area contributed by atoms with Gasteiger partial charge >= 0.3 is 0 Å². The maximum atomic E-state index is 13.4. The van der Waals surface area contributed by atoms with Crippen LogP contribution in [-0.4, -0.2) is 50.0 Å². The first kappa shape index (κ1) is 29.3. The second-order valence-electron chi connectivity index (χ2n) is 9.55. The van der Waals surface area contributed by atoms with Crippen molar-refractivity contribution in [2.75, 3.05) is 17.1 Å². The van der Waals surface area contributed by atoms with Gasteiger partial charge in [0.25, 0.3) is 0 Å². The summed E-state index contributed by atoms with van der Waals surface area (Å²) < 4.78 is 26.1. The minimum absolute atomic E-state index is 0.0745. The molecule has 0 aromatic heterocycles. The fraction of sp³-hybridized carbons (Fsp3) is 0.481. The SMILES string of the molecule is CC(C(=O)NC1CCCCC1)N(Cc1ccc(Cl)cc1Cl)C(=O)CCCN(c1ccccc1)S(C)(=O)=O. The largest absolute Gasteiger partial charge is 0.352 e.